The van der Waals surface area contributed by atoms with Gasteiger partial charge >= 0.3 is 24.5 Å². The molecule has 1 unspecified atom stereocenters. The molecule has 0 saturated heterocycles. The van der Waals surface area contributed by atoms with Crippen molar-refractivity contribution in [2.45, 2.75) is 37.0 Å². The molecule has 0 fully saturated rings. The number of para-hydroxylation sites is 1. The molecule has 0 aliphatic carbocycles. The number of thioether (sulfide) groups is 1. The molecule has 0 aromatic heterocycles. The van der Waals surface area contributed by atoms with E-state index in [2.05, 4.69) is 0 Å². The molecular formula is C16H10F11NO2S. The zero-order valence-corrected chi connectivity index (χ0v) is 15.5. The fraction of sp³-hybridized carbons (Fsp3) is 0.438. The van der Waals surface area contributed by atoms with Gasteiger partial charge in [0.15, 0.2) is 5.57 Å². The van der Waals surface area contributed by atoms with E-state index in [0.29, 0.717) is 16.6 Å². The number of amides is 1. The Kier molecular flexibility index (Phi) is 6.79. The van der Waals surface area contributed by atoms with Crippen LogP contribution in [0.4, 0.5) is 53.1 Å². The van der Waals surface area contributed by atoms with E-state index in [9.17, 15) is 53.1 Å². The summed E-state index contributed by atoms with van der Waals surface area (Å²) in [4.78, 5) is 11.7. The Hall–Kier alpha value is -2.19. The fourth-order valence-electron chi connectivity index (χ4n) is 2.54. The lowest BCUT2D eigenvalue weighted by atomic mass is 10.1. The molecule has 0 bridgehead atoms. The molecule has 1 heterocycles. The van der Waals surface area contributed by atoms with Gasteiger partial charge in [-0.15, -0.1) is 0 Å². The summed E-state index contributed by atoms with van der Waals surface area (Å²) in [6.07, 6.45) is -20.8. The third-order valence-corrected chi connectivity index (χ3v) is 4.73. The minimum absolute atomic E-state index is 0.107. The van der Waals surface area contributed by atoms with E-state index < -0.39 is 52.8 Å². The predicted octanol–water partition coefficient (Wildman–Crippen LogP) is 6.01. The molecule has 1 atom stereocenters. The molecule has 1 amide bonds. The molecule has 3 nitrogen and oxygen atoms in total. The number of ether oxygens (including phenoxy) is 1. The van der Waals surface area contributed by atoms with Crippen molar-refractivity contribution in [3.05, 3.63) is 41.1 Å². The minimum Gasteiger partial charge on any atom is -0.489 e. The zero-order valence-electron chi connectivity index (χ0n) is 14.7. The molecule has 2 rings (SSSR count). The number of carbonyl (C=O) groups excluding carboxylic acids is 1. The van der Waals surface area contributed by atoms with Crippen LogP contribution in [0.3, 0.4) is 0 Å². The summed E-state index contributed by atoms with van der Waals surface area (Å²) in [5.74, 6) is -6.71. The van der Waals surface area contributed by atoms with Crippen molar-refractivity contribution in [2.24, 2.45) is 0 Å². The lowest BCUT2D eigenvalue weighted by Crippen LogP contribution is -2.48. The Balaban J connectivity index is 2.28. The number of halogens is 11. The van der Waals surface area contributed by atoms with Gasteiger partial charge in [-0.2, -0.15) is 48.3 Å². The highest BCUT2D eigenvalue weighted by Gasteiger charge is 2.66. The van der Waals surface area contributed by atoms with Crippen molar-refractivity contribution in [1.29, 1.82) is 0 Å². The summed E-state index contributed by atoms with van der Waals surface area (Å²) < 4.78 is 147. The molecule has 0 spiro atoms. The van der Waals surface area contributed by atoms with Crippen molar-refractivity contribution in [2.75, 3.05) is 5.75 Å². The van der Waals surface area contributed by atoms with Crippen LogP contribution in [0.15, 0.2) is 35.5 Å². The molecule has 174 valence electrons. The second-order valence-corrected chi connectivity index (χ2v) is 7.09. The van der Waals surface area contributed by atoms with Gasteiger partial charge in [-0.05, 0) is 11.6 Å². The summed E-state index contributed by atoms with van der Waals surface area (Å²) in [6.45, 7) is 0. The third-order valence-electron chi connectivity index (χ3n) is 3.83. The van der Waals surface area contributed by atoms with Gasteiger partial charge in [0.1, 0.15) is 17.6 Å². The first-order valence-corrected chi connectivity index (χ1v) is 8.95. The molecule has 1 N–H and O–H groups in total. The average molecular weight is 489 g/mol. The van der Waals surface area contributed by atoms with Gasteiger partial charge in [0.05, 0.1) is 0 Å². The van der Waals surface area contributed by atoms with Gasteiger partial charge in [-0.25, -0.2) is 0 Å². The van der Waals surface area contributed by atoms with Crippen molar-refractivity contribution in [3.8, 4) is 5.75 Å². The van der Waals surface area contributed by atoms with E-state index in [1.165, 1.54) is 6.07 Å². The normalized spacial score (nSPS) is 17.1. The van der Waals surface area contributed by atoms with Gasteiger partial charge in [-0.3, -0.25) is 4.79 Å². The van der Waals surface area contributed by atoms with Crippen molar-refractivity contribution >= 4 is 17.0 Å². The standard InChI is InChI=1S/C16H10F11NO2S/c17-13(18,16(25,26)27)11(10(14(19,20)21)15(22,23)24)28-12(29)31-6-8-5-7-3-1-2-4-9(7)30-8/h1-4,8H,5-6H2,(H,28,29). The Bertz CT molecular complexity index is 817. The summed E-state index contributed by atoms with van der Waals surface area (Å²) in [5.41, 5.74) is -7.15. The van der Waals surface area contributed by atoms with Gasteiger partial charge in [0.2, 0.25) is 0 Å². The number of fused-ring (bicyclic) bond motifs is 1. The molecule has 31 heavy (non-hydrogen) atoms. The smallest absolute Gasteiger partial charge is 0.459 e. The van der Waals surface area contributed by atoms with Gasteiger partial charge < -0.3 is 10.1 Å². The van der Waals surface area contributed by atoms with Crippen LogP contribution in [0.5, 0.6) is 5.75 Å². The Morgan fingerprint density at radius 2 is 1.52 bits per heavy atom. The topological polar surface area (TPSA) is 38.3 Å². The molecule has 1 aromatic carbocycles. The van der Waals surface area contributed by atoms with Crippen LogP contribution in [0.2, 0.25) is 0 Å². The van der Waals surface area contributed by atoms with Crippen LogP contribution in [0.1, 0.15) is 5.56 Å². The second kappa shape index (κ2) is 8.39. The molecule has 1 aliphatic heterocycles. The minimum atomic E-state index is -6.85. The van der Waals surface area contributed by atoms with Crippen LogP contribution in [-0.4, -0.2) is 41.5 Å². The average Bonchev–Trinajstić information content (AvgIpc) is 2.99. The predicted molar refractivity (Wildman–Crippen MR) is 85.7 cm³/mol. The van der Waals surface area contributed by atoms with Crippen molar-refractivity contribution in [3.63, 3.8) is 0 Å². The van der Waals surface area contributed by atoms with Crippen LogP contribution in [0, 0.1) is 0 Å². The molecule has 0 saturated carbocycles. The van der Waals surface area contributed by atoms with Crippen LogP contribution in [0.25, 0.3) is 0 Å². The van der Waals surface area contributed by atoms with Gasteiger partial charge in [-0.1, -0.05) is 30.0 Å². The van der Waals surface area contributed by atoms with E-state index in [1.54, 1.807) is 18.2 Å². The number of allylic oxidation sites excluding steroid dienone is 2. The highest BCUT2D eigenvalue weighted by Crippen LogP contribution is 2.48. The number of nitrogens with one attached hydrogen (secondary N) is 1. The van der Waals surface area contributed by atoms with E-state index in [1.807, 2.05) is 0 Å². The van der Waals surface area contributed by atoms with E-state index in [4.69, 9.17) is 4.74 Å². The van der Waals surface area contributed by atoms with Crippen LogP contribution in [-0.2, 0) is 6.42 Å². The first kappa shape index (κ1) is 25.1. The van der Waals surface area contributed by atoms with E-state index in [0.717, 1.165) is 0 Å². The first-order chi connectivity index (χ1) is 13.9. The first-order valence-electron chi connectivity index (χ1n) is 7.96. The van der Waals surface area contributed by atoms with Crippen LogP contribution >= 0.6 is 11.8 Å². The number of benzene rings is 1. The molecule has 0 radical (unpaired) electrons. The molecule has 1 aromatic rings. The maximum atomic E-state index is 13.6. The maximum Gasteiger partial charge on any atom is 0.459 e. The van der Waals surface area contributed by atoms with Gasteiger partial charge in [0, 0.05) is 12.2 Å². The Labute approximate surface area is 170 Å². The summed E-state index contributed by atoms with van der Waals surface area (Å²) in [7, 11) is 0. The monoisotopic (exact) mass is 489 g/mol. The number of alkyl halides is 11. The third kappa shape index (κ3) is 5.74. The van der Waals surface area contributed by atoms with Crippen molar-refractivity contribution < 1.29 is 57.8 Å². The second-order valence-electron chi connectivity index (χ2n) is 6.09. The SMILES string of the molecule is O=C(NC(=C(C(F)(F)F)C(F)(F)F)C(F)(F)C(F)(F)F)SCC1Cc2ccccc2O1. The number of rotatable bonds is 4. The van der Waals surface area contributed by atoms with E-state index >= 15 is 0 Å². The Morgan fingerprint density at radius 3 is 2.00 bits per heavy atom. The number of hydrogen-bond donors (Lipinski definition) is 1. The highest BCUT2D eigenvalue weighted by molar-refractivity contribution is 8.13. The fourth-order valence-corrected chi connectivity index (χ4v) is 3.23. The highest BCUT2D eigenvalue weighted by atomic mass is 32.2. The van der Waals surface area contributed by atoms with Crippen molar-refractivity contribution in [1.82, 2.24) is 5.32 Å². The zero-order chi connectivity index (χ0) is 23.8. The number of hydrogen-bond acceptors (Lipinski definition) is 3. The summed E-state index contributed by atoms with van der Waals surface area (Å²) in [5, 5.41) is -1.52. The largest absolute Gasteiger partial charge is 0.489 e. The van der Waals surface area contributed by atoms with Crippen LogP contribution < -0.4 is 10.1 Å². The van der Waals surface area contributed by atoms with E-state index in [-0.39, 0.29) is 18.2 Å². The molecular weight excluding hydrogens is 479 g/mol. The summed E-state index contributed by atoms with van der Waals surface area (Å²) >= 11 is -0.107. The summed E-state index contributed by atoms with van der Waals surface area (Å²) in [6, 6.07) is 6.39. The molecule has 1 aliphatic rings. The number of carbonyl (C=O) groups is 1. The maximum absolute atomic E-state index is 13.6. The molecule has 15 heteroatoms. The lowest BCUT2D eigenvalue weighted by molar-refractivity contribution is -0.269. The lowest BCUT2D eigenvalue weighted by Gasteiger charge is -2.27. The van der Waals surface area contributed by atoms with Gasteiger partial charge in [0.25, 0.3) is 5.24 Å². The quantitative estimate of drug-likeness (QED) is 0.527. The Morgan fingerprint density at radius 1 is 0.968 bits per heavy atom.